The van der Waals surface area contributed by atoms with Crippen molar-refractivity contribution in [1.82, 2.24) is 10.6 Å². The van der Waals surface area contributed by atoms with Crippen molar-refractivity contribution in [2.24, 2.45) is 0 Å². The summed E-state index contributed by atoms with van der Waals surface area (Å²) in [5.41, 5.74) is 2.46. The lowest BCUT2D eigenvalue weighted by atomic mass is 9.80. The number of hydrogen-bond acceptors (Lipinski definition) is 8. The van der Waals surface area contributed by atoms with E-state index in [0.29, 0.717) is 61.0 Å². The Hall–Kier alpha value is -3.57. The molecule has 14 heteroatoms. The summed E-state index contributed by atoms with van der Waals surface area (Å²) in [4.78, 5) is 56.8. The number of benzene rings is 2. The predicted molar refractivity (Wildman–Crippen MR) is 210 cm³/mol. The summed E-state index contributed by atoms with van der Waals surface area (Å²) in [6.45, 7) is 7.67. The summed E-state index contributed by atoms with van der Waals surface area (Å²) in [5.74, 6) is -1.47. The van der Waals surface area contributed by atoms with Crippen molar-refractivity contribution in [1.29, 1.82) is 0 Å². The molecule has 0 bridgehead atoms. The highest BCUT2D eigenvalue weighted by Crippen LogP contribution is 2.46. The smallest absolute Gasteiger partial charge is 0.310 e. The van der Waals surface area contributed by atoms with Crippen LogP contribution in [0.2, 0.25) is 20.1 Å². The summed E-state index contributed by atoms with van der Waals surface area (Å²) in [6, 6.07) is 6.86. The number of carbonyl (C=O) groups is 5. The van der Waals surface area contributed by atoms with Crippen LogP contribution >= 0.6 is 46.4 Å². The van der Waals surface area contributed by atoms with Gasteiger partial charge in [-0.05, 0) is 73.9 Å². The zero-order valence-corrected chi connectivity index (χ0v) is 34.1. The number of halogens is 4. The number of amides is 2. The molecule has 2 spiro atoms. The van der Waals surface area contributed by atoms with Gasteiger partial charge in [-0.1, -0.05) is 98.8 Å². The van der Waals surface area contributed by atoms with Gasteiger partial charge in [0.1, 0.15) is 11.5 Å². The molecular weight excluding hydrogens is 778 g/mol. The minimum absolute atomic E-state index is 0.149. The highest BCUT2D eigenvalue weighted by atomic mass is 35.5. The number of rotatable bonds is 5. The van der Waals surface area contributed by atoms with Crippen molar-refractivity contribution in [3.05, 3.63) is 78.1 Å². The minimum Gasteiger partial charge on any atom is -0.509 e. The third-order valence-electron chi connectivity index (χ3n) is 9.99. The van der Waals surface area contributed by atoms with Crippen LogP contribution in [0.15, 0.2) is 35.8 Å². The van der Waals surface area contributed by atoms with Gasteiger partial charge in [0.05, 0.1) is 32.3 Å². The maximum atomic E-state index is 12.9. The van der Waals surface area contributed by atoms with Gasteiger partial charge in [-0.3, -0.25) is 24.0 Å². The Bertz CT molecular complexity index is 1880. The van der Waals surface area contributed by atoms with E-state index in [9.17, 15) is 29.1 Å². The molecule has 2 saturated carbocycles. The fraction of sp³-hybridized carbons (Fsp3) is 0.475. The van der Waals surface area contributed by atoms with Gasteiger partial charge in [0.2, 0.25) is 0 Å². The first-order chi connectivity index (χ1) is 25.5. The fourth-order valence-electron chi connectivity index (χ4n) is 7.71. The zero-order chi connectivity index (χ0) is 40.0. The first-order valence-corrected chi connectivity index (χ1v) is 19.7. The van der Waals surface area contributed by atoms with E-state index in [2.05, 4.69) is 15.4 Å². The van der Waals surface area contributed by atoms with Crippen LogP contribution in [0, 0.1) is 0 Å². The van der Waals surface area contributed by atoms with Crippen molar-refractivity contribution in [3.8, 4) is 0 Å². The van der Waals surface area contributed by atoms with Crippen molar-refractivity contribution in [2.45, 2.75) is 123 Å². The number of nitrogens with one attached hydrogen (secondary N) is 2. The van der Waals surface area contributed by atoms with Crippen LogP contribution in [0.5, 0.6) is 0 Å². The van der Waals surface area contributed by atoms with E-state index in [-0.39, 0.29) is 17.6 Å². The third-order valence-corrected chi connectivity index (χ3v) is 11.0. The SMILES string of the molecule is CC(=O)OC(C)=O.CCc1cc(Cl)cc(Cl)c1C1=C(O)C2(CCCCC2)NC1=O.CCc1cc(Cl)cc(Cl)c1C1=C(OC(C)=O)C2(CCCCC2)NC1=O. The second-order valence-corrected chi connectivity index (χ2v) is 15.5. The van der Waals surface area contributed by atoms with E-state index in [1.165, 1.54) is 20.8 Å². The second-order valence-electron chi connectivity index (χ2n) is 13.9. The summed E-state index contributed by atoms with van der Waals surface area (Å²) in [5, 5.41) is 18.8. The average molecular weight is 825 g/mol. The highest BCUT2D eigenvalue weighted by molar-refractivity contribution is 6.39. The van der Waals surface area contributed by atoms with Crippen molar-refractivity contribution < 1.29 is 38.6 Å². The van der Waals surface area contributed by atoms with E-state index in [1.807, 2.05) is 19.9 Å². The van der Waals surface area contributed by atoms with Crippen LogP contribution in [-0.2, 0) is 46.3 Å². The molecule has 2 fully saturated rings. The van der Waals surface area contributed by atoms with E-state index in [0.717, 1.165) is 75.3 Å². The Kier molecular flexibility index (Phi) is 14.7. The maximum Gasteiger partial charge on any atom is 0.310 e. The Morgan fingerprint density at radius 2 is 1.06 bits per heavy atom. The predicted octanol–water partition coefficient (Wildman–Crippen LogP) is 9.42. The van der Waals surface area contributed by atoms with Crippen LogP contribution in [0.4, 0.5) is 0 Å². The molecule has 292 valence electrons. The topological polar surface area (TPSA) is 148 Å². The molecule has 0 unspecified atom stereocenters. The molecule has 0 atom stereocenters. The van der Waals surface area contributed by atoms with Crippen molar-refractivity contribution >= 4 is 87.3 Å². The molecule has 0 radical (unpaired) electrons. The van der Waals surface area contributed by atoms with Crippen LogP contribution < -0.4 is 10.6 Å². The molecule has 2 heterocycles. The van der Waals surface area contributed by atoms with Crippen molar-refractivity contribution in [2.75, 3.05) is 0 Å². The fourth-order valence-corrected chi connectivity index (χ4v) is 8.97. The van der Waals surface area contributed by atoms with Gasteiger partial charge >= 0.3 is 17.9 Å². The largest absolute Gasteiger partial charge is 0.509 e. The maximum absolute atomic E-state index is 12.9. The van der Waals surface area contributed by atoms with Gasteiger partial charge < -0.3 is 25.2 Å². The molecule has 54 heavy (non-hydrogen) atoms. The minimum atomic E-state index is -0.607. The number of aryl methyl sites for hydroxylation is 2. The zero-order valence-electron chi connectivity index (χ0n) is 31.1. The molecule has 0 aromatic heterocycles. The first-order valence-electron chi connectivity index (χ1n) is 18.2. The molecular formula is C40H46Cl4N2O8. The number of ether oxygens (including phenoxy) is 2. The molecule has 10 nitrogen and oxygen atoms in total. The normalized spacial score (nSPS) is 18.3. The molecule has 2 aromatic rings. The molecule has 2 aliphatic carbocycles. The summed E-state index contributed by atoms with van der Waals surface area (Å²) < 4.78 is 9.56. The number of esters is 3. The number of aliphatic hydroxyl groups excluding tert-OH is 1. The van der Waals surface area contributed by atoms with Crippen LogP contribution in [-0.4, -0.2) is 45.9 Å². The van der Waals surface area contributed by atoms with Gasteiger partial charge in [-0.2, -0.15) is 0 Å². The van der Waals surface area contributed by atoms with Crippen LogP contribution in [0.3, 0.4) is 0 Å². The molecule has 0 saturated heterocycles. The molecule has 4 aliphatic rings. The Morgan fingerprint density at radius 3 is 1.46 bits per heavy atom. The summed E-state index contributed by atoms with van der Waals surface area (Å²) in [7, 11) is 0. The van der Waals surface area contributed by atoms with E-state index in [1.54, 1.807) is 18.2 Å². The standard InChI is InChI=1S/C19H21Cl2NO3.C17H19Cl2NO2.C4H6O3/c1-3-12-9-13(20)10-14(21)15(12)16-17(25-11(2)23)19(22-18(16)24)7-5-4-6-8-19;1-2-10-8-11(18)9-12(19)13(10)14-15(21)17(20-16(14)22)6-4-3-5-7-17;1-3(5)7-4(2)6/h9-10H,3-8H2,1-2H3,(H,22,24);8-9,21H,2-7H2,1H3,(H,20,22);1-2H3. The lowest BCUT2D eigenvalue weighted by Crippen LogP contribution is -2.46. The van der Waals surface area contributed by atoms with Crippen LogP contribution in [0.1, 0.15) is 121 Å². The highest BCUT2D eigenvalue weighted by Gasteiger charge is 2.49. The Balaban J connectivity index is 0.000000206. The van der Waals surface area contributed by atoms with Crippen LogP contribution in [0.25, 0.3) is 11.1 Å². The van der Waals surface area contributed by atoms with Gasteiger partial charge in [-0.15, -0.1) is 0 Å². The number of carbonyl (C=O) groups excluding carboxylic acids is 5. The summed E-state index contributed by atoms with van der Waals surface area (Å²) >= 11 is 25.0. The Morgan fingerprint density at radius 1 is 0.648 bits per heavy atom. The third kappa shape index (κ3) is 9.62. The van der Waals surface area contributed by atoms with Gasteiger partial charge in [0.25, 0.3) is 11.8 Å². The molecule has 3 N–H and O–H groups in total. The molecule has 6 rings (SSSR count). The second kappa shape index (κ2) is 18.4. The first kappa shape index (κ1) is 43.2. The van der Waals surface area contributed by atoms with E-state index in [4.69, 9.17) is 51.1 Å². The quantitative estimate of drug-likeness (QED) is 0.200. The summed E-state index contributed by atoms with van der Waals surface area (Å²) in [6.07, 6.45) is 10.7. The van der Waals surface area contributed by atoms with E-state index < -0.39 is 29.0 Å². The number of hydrogen-bond donors (Lipinski definition) is 3. The lowest BCUT2D eigenvalue weighted by Gasteiger charge is -2.34. The molecule has 2 amide bonds. The Labute approximate surface area is 335 Å². The van der Waals surface area contributed by atoms with Gasteiger partial charge in [0, 0.05) is 41.9 Å². The van der Waals surface area contributed by atoms with Gasteiger partial charge in [-0.25, -0.2) is 0 Å². The molecule has 2 aliphatic heterocycles. The van der Waals surface area contributed by atoms with Gasteiger partial charge in [0.15, 0.2) is 0 Å². The number of aliphatic hydroxyl groups is 1. The lowest BCUT2D eigenvalue weighted by molar-refractivity contribution is -0.156. The van der Waals surface area contributed by atoms with Crippen molar-refractivity contribution in [3.63, 3.8) is 0 Å². The monoisotopic (exact) mass is 822 g/mol. The van der Waals surface area contributed by atoms with E-state index >= 15 is 0 Å². The molecule has 2 aromatic carbocycles. The average Bonchev–Trinajstić information content (AvgIpc) is 3.47.